The molecular weight excluding hydrogens is 366 g/mol. The van der Waals surface area contributed by atoms with E-state index in [1.807, 2.05) is 34.1 Å². The second kappa shape index (κ2) is 5.33. The van der Waals surface area contributed by atoms with E-state index in [2.05, 4.69) is 18.8 Å². The molecule has 1 heterocycles. The summed E-state index contributed by atoms with van der Waals surface area (Å²) >= 11 is 8.14. The highest BCUT2D eigenvalue weighted by Crippen LogP contribution is 2.27. The molecule has 0 amide bonds. The Labute approximate surface area is 125 Å². The van der Waals surface area contributed by atoms with Crippen LogP contribution in [0.25, 0.3) is 11.0 Å². The molecule has 98 valence electrons. The lowest BCUT2D eigenvalue weighted by Gasteiger charge is -2.12. The van der Waals surface area contributed by atoms with Crippen molar-refractivity contribution < 1.29 is 4.39 Å². The van der Waals surface area contributed by atoms with Gasteiger partial charge in [-0.15, -0.1) is 11.6 Å². The average molecular weight is 381 g/mol. The standard InChI is InChI=1S/C13H15ClFIN2/c1-7(2)6-18-12-4-9(15)10(16)5-11(12)17-13(18)8(3)14/h4-5,7-8H,6H2,1-3H3. The first-order valence-corrected chi connectivity index (χ1v) is 7.41. The minimum atomic E-state index is -0.207. The number of fused-ring (bicyclic) bond motifs is 1. The molecule has 0 N–H and O–H groups in total. The van der Waals surface area contributed by atoms with Gasteiger partial charge in [0, 0.05) is 12.6 Å². The Morgan fingerprint density at radius 3 is 2.61 bits per heavy atom. The summed E-state index contributed by atoms with van der Waals surface area (Å²) in [7, 11) is 0. The van der Waals surface area contributed by atoms with Crippen molar-refractivity contribution in [1.29, 1.82) is 0 Å². The molecule has 0 aliphatic carbocycles. The molecule has 2 nitrogen and oxygen atoms in total. The maximum absolute atomic E-state index is 13.7. The Bertz CT molecular complexity index is 578. The van der Waals surface area contributed by atoms with Crippen molar-refractivity contribution in [2.45, 2.75) is 32.7 Å². The zero-order chi connectivity index (χ0) is 13.4. The topological polar surface area (TPSA) is 17.8 Å². The molecular formula is C13H15ClFIN2. The number of hydrogen-bond donors (Lipinski definition) is 0. The molecule has 0 radical (unpaired) electrons. The zero-order valence-corrected chi connectivity index (χ0v) is 13.5. The van der Waals surface area contributed by atoms with E-state index in [0.717, 1.165) is 23.4 Å². The van der Waals surface area contributed by atoms with Crippen molar-refractivity contribution in [3.8, 4) is 0 Å². The summed E-state index contributed by atoms with van der Waals surface area (Å²) in [5.74, 6) is 1.06. The van der Waals surface area contributed by atoms with Gasteiger partial charge in [0.25, 0.3) is 0 Å². The summed E-state index contributed by atoms with van der Waals surface area (Å²) in [6.45, 7) is 6.93. The van der Waals surface area contributed by atoms with Crippen molar-refractivity contribution in [2.24, 2.45) is 5.92 Å². The van der Waals surface area contributed by atoms with Gasteiger partial charge in [0.1, 0.15) is 11.6 Å². The van der Waals surface area contributed by atoms with Crippen LogP contribution >= 0.6 is 34.2 Å². The van der Waals surface area contributed by atoms with E-state index in [4.69, 9.17) is 11.6 Å². The first kappa shape index (κ1) is 14.1. The molecule has 0 saturated carbocycles. The van der Waals surface area contributed by atoms with Crippen LogP contribution in [0.5, 0.6) is 0 Å². The Kier molecular flexibility index (Phi) is 4.16. The molecule has 1 aromatic carbocycles. The molecule has 0 saturated heterocycles. The molecule has 0 spiro atoms. The van der Waals surface area contributed by atoms with Crippen LogP contribution in [0, 0.1) is 15.3 Å². The fourth-order valence-corrected chi connectivity index (χ4v) is 2.62. The van der Waals surface area contributed by atoms with Crippen LogP contribution in [-0.4, -0.2) is 9.55 Å². The summed E-state index contributed by atoms with van der Waals surface area (Å²) in [6, 6.07) is 3.32. The fraction of sp³-hybridized carbons (Fsp3) is 0.462. The van der Waals surface area contributed by atoms with E-state index < -0.39 is 0 Å². The van der Waals surface area contributed by atoms with Crippen LogP contribution in [0.2, 0.25) is 0 Å². The van der Waals surface area contributed by atoms with Gasteiger partial charge in [-0.2, -0.15) is 0 Å². The monoisotopic (exact) mass is 380 g/mol. The molecule has 0 aliphatic heterocycles. The largest absolute Gasteiger partial charge is 0.326 e. The Hall–Kier alpha value is -0.360. The lowest BCUT2D eigenvalue weighted by molar-refractivity contribution is 0.516. The third-order valence-electron chi connectivity index (χ3n) is 2.72. The molecule has 1 unspecified atom stereocenters. The molecule has 1 aromatic heterocycles. The van der Waals surface area contributed by atoms with Gasteiger partial charge < -0.3 is 4.57 Å². The first-order valence-electron chi connectivity index (χ1n) is 5.89. The normalized spacial score (nSPS) is 13.5. The minimum absolute atomic E-state index is 0.183. The molecule has 0 bridgehead atoms. The van der Waals surface area contributed by atoms with Crippen LogP contribution in [0.3, 0.4) is 0 Å². The van der Waals surface area contributed by atoms with Gasteiger partial charge >= 0.3 is 0 Å². The number of benzene rings is 1. The van der Waals surface area contributed by atoms with Gasteiger partial charge in [0.15, 0.2) is 0 Å². The van der Waals surface area contributed by atoms with E-state index in [0.29, 0.717) is 9.49 Å². The van der Waals surface area contributed by atoms with E-state index >= 15 is 0 Å². The summed E-state index contributed by atoms with van der Waals surface area (Å²) in [4.78, 5) is 4.53. The van der Waals surface area contributed by atoms with E-state index in [9.17, 15) is 4.39 Å². The number of hydrogen-bond acceptors (Lipinski definition) is 1. The van der Waals surface area contributed by atoms with Crippen LogP contribution < -0.4 is 0 Å². The summed E-state index contributed by atoms with van der Waals surface area (Å²) in [5.41, 5.74) is 1.63. The Balaban J connectivity index is 2.68. The van der Waals surface area contributed by atoms with Gasteiger partial charge in [-0.25, -0.2) is 9.37 Å². The highest BCUT2D eigenvalue weighted by Gasteiger charge is 2.17. The number of imidazole rings is 1. The lowest BCUT2D eigenvalue weighted by atomic mass is 10.2. The third kappa shape index (κ3) is 2.64. The van der Waals surface area contributed by atoms with Crippen molar-refractivity contribution in [2.75, 3.05) is 0 Å². The maximum Gasteiger partial charge on any atom is 0.138 e. The molecule has 0 aliphatic rings. The number of rotatable bonds is 3. The molecule has 2 aromatic rings. The quantitative estimate of drug-likeness (QED) is 0.556. The predicted octanol–water partition coefficient (Wildman–Crippen LogP) is 4.74. The molecule has 5 heteroatoms. The Morgan fingerprint density at radius 1 is 1.39 bits per heavy atom. The van der Waals surface area contributed by atoms with Crippen molar-refractivity contribution in [3.63, 3.8) is 0 Å². The summed E-state index contributed by atoms with van der Waals surface area (Å²) in [6.07, 6.45) is 0. The van der Waals surface area contributed by atoms with E-state index in [-0.39, 0.29) is 11.2 Å². The average Bonchev–Trinajstić information content (AvgIpc) is 2.57. The highest BCUT2D eigenvalue weighted by molar-refractivity contribution is 14.1. The van der Waals surface area contributed by atoms with E-state index in [1.165, 1.54) is 0 Å². The van der Waals surface area contributed by atoms with Crippen LogP contribution in [-0.2, 0) is 6.54 Å². The molecule has 18 heavy (non-hydrogen) atoms. The fourth-order valence-electron chi connectivity index (χ4n) is 2.00. The highest BCUT2D eigenvalue weighted by atomic mass is 127. The van der Waals surface area contributed by atoms with Crippen LogP contribution in [0.4, 0.5) is 4.39 Å². The van der Waals surface area contributed by atoms with Crippen LogP contribution in [0.15, 0.2) is 12.1 Å². The van der Waals surface area contributed by atoms with Crippen molar-refractivity contribution in [3.05, 3.63) is 27.3 Å². The van der Waals surface area contributed by atoms with Gasteiger partial charge in [-0.1, -0.05) is 13.8 Å². The lowest BCUT2D eigenvalue weighted by Crippen LogP contribution is -2.09. The van der Waals surface area contributed by atoms with E-state index in [1.54, 1.807) is 12.1 Å². The van der Waals surface area contributed by atoms with Gasteiger partial charge in [0.05, 0.1) is 20.0 Å². The zero-order valence-electron chi connectivity index (χ0n) is 10.5. The number of alkyl halides is 1. The van der Waals surface area contributed by atoms with Gasteiger partial charge in [0.2, 0.25) is 0 Å². The number of aromatic nitrogens is 2. The number of nitrogens with zero attached hydrogens (tertiary/aromatic N) is 2. The Morgan fingerprint density at radius 2 is 2.06 bits per heavy atom. The second-order valence-corrected chi connectivity index (χ2v) is 6.66. The van der Waals surface area contributed by atoms with Crippen molar-refractivity contribution in [1.82, 2.24) is 9.55 Å². The first-order chi connectivity index (χ1) is 8.40. The van der Waals surface area contributed by atoms with Gasteiger partial charge in [-0.05, 0) is 41.5 Å². The van der Waals surface area contributed by atoms with Gasteiger partial charge in [-0.3, -0.25) is 0 Å². The van der Waals surface area contributed by atoms with Crippen molar-refractivity contribution >= 4 is 45.2 Å². The number of halogens is 3. The summed E-state index contributed by atoms with van der Waals surface area (Å²) < 4.78 is 16.3. The molecule has 1 atom stereocenters. The summed E-state index contributed by atoms with van der Waals surface area (Å²) in [5, 5.41) is -0.183. The smallest absolute Gasteiger partial charge is 0.138 e. The predicted molar refractivity (Wildman–Crippen MR) is 81.5 cm³/mol. The molecule has 2 rings (SSSR count). The minimum Gasteiger partial charge on any atom is -0.326 e. The SMILES string of the molecule is CC(C)Cn1c(C(C)Cl)nc2cc(I)c(F)cc21. The molecule has 0 fully saturated rings. The second-order valence-electron chi connectivity index (χ2n) is 4.85. The maximum atomic E-state index is 13.7. The third-order valence-corrected chi connectivity index (χ3v) is 3.75. The van der Waals surface area contributed by atoms with Crippen LogP contribution in [0.1, 0.15) is 32.0 Å².